The van der Waals surface area contributed by atoms with Crippen LogP contribution in [0.1, 0.15) is 16.8 Å². The number of nitrogens with two attached hydrogens (primary N) is 1. The first-order chi connectivity index (χ1) is 8.33. The standard InChI is InChI=1S/C15H14N2/c16-13-4-1-3-11(10-13)9-12-6-7-15-14(12)5-2-8-17-15/h1-6,8,10H,7,9,16H2. The first-order valence-corrected chi connectivity index (χ1v) is 5.80. The molecule has 1 aliphatic carbocycles. The number of hydrogen-bond donors (Lipinski definition) is 1. The molecule has 2 aromatic rings. The minimum atomic E-state index is 0.826. The molecule has 17 heavy (non-hydrogen) atoms. The van der Waals surface area contributed by atoms with Crippen LogP contribution in [0.25, 0.3) is 5.57 Å². The fourth-order valence-electron chi connectivity index (χ4n) is 2.31. The summed E-state index contributed by atoms with van der Waals surface area (Å²) >= 11 is 0. The number of anilines is 1. The minimum Gasteiger partial charge on any atom is -0.399 e. The molecule has 0 unspecified atom stereocenters. The number of rotatable bonds is 2. The zero-order chi connectivity index (χ0) is 11.7. The third kappa shape index (κ3) is 1.94. The Morgan fingerprint density at radius 3 is 3.00 bits per heavy atom. The average molecular weight is 222 g/mol. The summed E-state index contributed by atoms with van der Waals surface area (Å²) < 4.78 is 0. The summed E-state index contributed by atoms with van der Waals surface area (Å²) in [5.74, 6) is 0. The molecule has 3 rings (SSSR count). The lowest BCUT2D eigenvalue weighted by atomic mass is 10.0. The van der Waals surface area contributed by atoms with Crippen LogP contribution < -0.4 is 5.73 Å². The lowest BCUT2D eigenvalue weighted by Gasteiger charge is -2.06. The molecule has 1 aromatic heterocycles. The Kier molecular flexibility index (Phi) is 2.41. The Hall–Kier alpha value is -2.09. The van der Waals surface area contributed by atoms with E-state index in [0.29, 0.717) is 0 Å². The number of pyridine rings is 1. The normalized spacial score (nSPS) is 13.3. The second-order valence-corrected chi connectivity index (χ2v) is 4.35. The van der Waals surface area contributed by atoms with Crippen molar-refractivity contribution in [3.05, 3.63) is 65.5 Å². The molecule has 0 bridgehead atoms. The minimum absolute atomic E-state index is 0.826. The number of nitrogen functional groups attached to an aromatic ring is 1. The van der Waals surface area contributed by atoms with Crippen molar-refractivity contribution in [2.75, 3.05) is 5.73 Å². The van der Waals surface area contributed by atoms with Crippen molar-refractivity contribution in [2.24, 2.45) is 0 Å². The monoisotopic (exact) mass is 222 g/mol. The molecule has 0 saturated carbocycles. The molecule has 0 radical (unpaired) electrons. The van der Waals surface area contributed by atoms with Crippen LogP contribution in [-0.4, -0.2) is 4.98 Å². The van der Waals surface area contributed by atoms with Gasteiger partial charge in [-0.25, -0.2) is 0 Å². The van der Waals surface area contributed by atoms with Crippen molar-refractivity contribution in [1.29, 1.82) is 0 Å². The molecule has 0 fully saturated rings. The highest BCUT2D eigenvalue weighted by atomic mass is 14.7. The molecule has 1 heterocycles. The maximum atomic E-state index is 5.80. The van der Waals surface area contributed by atoms with Crippen LogP contribution in [0.4, 0.5) is 5.69 Å². The van der Waals surface area contributed by atoms with E-state index in [1.807, 2.05) is 30.5 Å². The zero-order valence-corrected chi connectivity index (χ0v) is 9.56. The van der Waals surface area contributed by atoms with Gasteiger partial charge in [0, 0.05) is 18.3 Å². The van der Waals surface area contributed by atoms with Crippen LogP contribution in [0, 0.1) is 0 Å². The van der Waals surface area contributed by atoms with Crippen LogP contribution >= 0.6 is 0 Å². The molecule has 0 aliphatic heterocycles. The van der Waals surface area contributed by atoms with Crippen molar-refractivity contribution in [2.45, 2.75) is 12.8 Å². The smallest absolute Gasteiger partial charge is 0.0516 e. The molecule has 0 saturated heterocycles. The summed E-state index contributed by atoms with van der Waals surface area (Å²) in [5, 5.41) is 0. The Morgan fingerprint density at radius 1 is 1.18 bits per heavy atom. The van der Waals surface area contributed by atoms with Gasteiger partial charge in [-0.1, -0.05) is 24.3 Å². The molecule has 2 N–H and O–H groups in total. The van der Waals surface area contributed by atoms with E-state index < -0.39 is 0 Å². The van der Waals surface area contributed by atoms with Crippen LogP contribution in [-0.2, 0) is 12.8 Å². The van der Waals surface area contributed by atoms with Gasteiger partial charge in [0.15, 0.2) is 0 Å². The van der Waals surface area contributed by atoms with Gasteiger partial charge in [0.25, 0.3) is 0 Å². The van der Waals surface area contributed by atoms with E-state index in [4.69, 9.17) is 5.73 Å². The summed E-state index contributed by atoms with van der Waals surface area (Å²) in [6.45, 7) is 0. The van der Waals surface area contributed by atoms with Crippen LogP contribution in [0.5, 0.6) is 0 Å². The molecule has 2 heteroatoms. The predicted molar refractivity (Wildman–Crippen MR) is 70.5 cm³/mol. The van der Waals surface area contributed by atoms with Crippen molar-refractivity contribution in [3.63, 3.8) is 0 Å². The van der Waals surface area contributed by atoms with Gasteiger partial charge in [0.05, 0.1) is 5.69 Å². The summed E-state index contributed by atoms with van der Waals surface area (Å²) in [7, 11) is 0. The van der Waals surface area contributed by atoms with E-state index in [1.54, 1.807) is 0 Å². The summed E-state index contributed by atoms with van der Waals surface area (Å²) in [6, 6.07) is 12.2. The van der Waals surface area contributed by atoms with Gasteiger partial charge in [0.2, 0.25) is 0 Å². The van der Waals surface area contributed by atoms with E-state index in [0.717, 1.165) is 18.5 Å². The van der Waals surface area contributed by atoms with E-state index in [9.17, 15) is 0 Å². The Balaban J connectivity index is 1.89. The predicted octanol–water partition coefficient (Wildman–Crippen LogP) is 2.85. The molecule has 84 valence electrons. The lowest BCUT2D eigenvalue weighted by Crippen LogP contribution is -1.93. The number of aromatic nitrogens is 1. The molecule has 2 nitrogen and oxygen atoms in total. The number of fused-ring (bicyclic) bond motifs is 1. The maximum Gasteiger partial charge on any atom is 0.0516 e. The summed E-state index contributed by atoms with van der Waals surface area (Å²) in [5.41, 5.74) is 11.7. The molecule has 0 amide bonds. The van der Waals surface area contributed by atoms with Gasteiger partial charge in [0.1, 0.15) is 0 Å². The third-order valence-electron chi connectivity index (χ3n) is 3.12. The van der Waals surface area contributed by atoms with Gasteiger partial charge < -0.3 is 5.73 Å². The Bertz CT molecular complexity index is 585. The number of nitrogens with zero attached hydrogens (tertiary/aromatic N) is 1. The first-order valence-electron chi connectivity index (χ1n) is 5.80. The van der Waals surface area contributed by atoms with Crippen molar-refractivity contribution in [1.82, 2.24) is 4.98 Å². The summed E-state index contributed by atoms with van der Waals surface area (Å²) in [6.07, 6.45) is 6.01. The van der Waals surface area contributed by atoms with Crippen molar-refractivity contribution >= 4 is 11.3 Å². The van der Waals surface area contributed by atoms with Crippen LogP contribution in [0.15, 0.2) is 48.7 Å². The van der Waals surface area contributed by atoms with Gasteiger partial charge >= 0.3 is 0 Å². The number of hydrogen-bond acceptors (Lipinski definition) is 2. The third-order valence-corrected chi connectivity index (χ3v) is 3.12. The van der Waals surface area contributed by atoms with Gasteiger partial charge in [-0.2, -0.15) is 0 Å². The van der Waals surface area contributed by atoms with Crippen LogP contribution in [0.3, 0.4) is 0 Å². The SMILES string of the molecule is Nc1cccc(CC2=CCc3ncccc32)c1. The molecule has 1 aliphatic rings. The molecule has 0 spiro atoms. The Labute approximate surface area is 101 Å². The van der Waals surface area contributed by atoms with Gasteiger partial charge in [-0.3, -0.25) is 4.98 Å². The van der Waals surface area contributed by atoms with Gasteiger partial charge in [-0.05, 0) is 41.3 Å². The zero-order valence-electron chi connectivity index (χ0n) is 9.56. The van der Waals surface area contributed by atoms with Crippen molar-refractivity contribution in [3.8, 4) is 0 Å². The largest absolute Gasteiger partial charge is 0.399 e. The fourth-order valence-corrected chi connectivity index (χ4v) is 2.31. The highest BCUT2D eigenvalue weighted by molar-refractivity contribution is 5.73. The van der Waals surface area contributed by atoms with E-state index >= 15 is 0 Å². The topological polar surface area (TPSA) is 38.9 Å². The second-order valence-electron chi connectivity index (χ2n) is 4.35. The molecule has 1 aromatic carbocycles. The van der Waals surface area contributed by atoms with Crippen molar-refractivity contribution < 1.29 is 0 Å². The molecular formula is C15H14N2. The number of benzene rings is 1. The molecule has 0 atom stereocenters. The Morgan fingerprint density at radius 2 is 2.12 bits per heavy atom. The van der Waals surface area contributed by atoms with Gasteiger partial charge in [-0.15, -0.1) is 0 Å². The van der Waals surface area contributed by atoms with E-state index in [2.05, 4.69) is 23.2 Å². The lowest BCUT2D eigenvalue weighted by molar-refractivity contribution is 1.13. The fraction of sp³-hybridized carbons (Fsp3) is 0.133. The first kappa shape index (κ1) is 10.1. The average Bonchev–Trinajstić information content (AvgIpc) is 2.73. The highest BCUT2D eigenvalue weighted by Crippen LogP contribution is 2.28. The molecular weight excluding hydrogens is 208 g/mol. The summed E-state index contributed by atoms with van der Waals surface area (Å²) in [4.78, 5) is 4.39. The van der Waals surface area contributed by atoms with E-state index in [1.165, 1.54) is 22.4 Å². The second kappa shape index (κ2) is 4.06. The number of allylic oxidation sites excluding steroid dienone is 2. The van der Waals surface area contributed by atoms with Crippen LogP contribution in [0.2, 0.25) is 0 Å². The maximum absolute atomic E-state index is 5.80. The quantitative estimate of drug-likeness (QED) is 0.793. The van der Waals surface area contributed by atoms with E-state index in [-0.39, 0.29) is 0 Å². The highest BCUT2D eigenvalue weighted by Gasteiger charge is 2.14.